The van der Waals surface area contributed by atoms with Crippen molar-refractivity contribution in [1.82, 2.24) is 0 Å². The highest BCUT2D eigenvalue weighted by molar-refractivity contribution is 14.1. The molecule has 4 nitrogen and oxygen atoms in total. The lowest BCUT2D eigenvalue weighted by Gasteiger charge is -2.09. The number of halogens is 2. The lowest BCUT2D eigenvalue weighted by atomic mass is 10.1. The van der Waals surface area contributed by atoms with E-state index < -0.39 is 5.91 Å². The van der Waals surface area contributed by atoms with Crippen LogP contribution in [0.2, 0.25) is 5.02 Å². The zero-order valence-electron chi connectivity index (χ0n) is 15.2. The number of nitrogens with zero attached hydrogens (tertiary/aromatic N) is 1. The number of hydrogen-bond acceptors (Lipinski definition) is 3. The number of hydrogen-bond donors (Lipinski definition) is 1. The number of rotatable bonds is 6. The molecule has 0 aromatic heterocycles. The summed E-state index contributed by atoms with van der Waals surface area (Å²) in [6.45, 7) is 0.400. The molecule has 6 heteroatoms. The van der Waals surface area contributed by atoms with Gasteiger partial charge in [0, 0.05) is 3.57 Å². The number of carbonyl (C=O) groups excluding carboxylic acids is 1. The molecule has 0 aliphatic heterocycles. The monoisotopic (exact) mass is 514 g/mol. The van der Waals surface area contributed by atoms with Crippen LogP contribution in [-0.2, 0) is 11.4 Å². The molecular formula is C23H16ClIN2O2. The van der Waals surface area contributed by atoms with E-state index in [9.17, 15) is 10.1 Å². The summed E-state index contributed by atoms with van der Waals surface area (Å²) in [7, 11) is 0. The third-order valence-electron chi connectivity index (χ3n) is 3.99. The normalized spacial score (nSPS) is 10.9. The van der Waals surface area contributed by atoms with Crippen LogP contribution in [0.3, 0.4) is 0 Å². The molecule has 0 saturated carbocycles. The summed E-state index contributed by atoms with van der Waals surface area (Å²) < 4.78 is 6.64. The second-order valence-corrected chi connectivity index (χ2v) is 7.64. The van der Waals surface area contributed by atoms with Gasteiger partial charge in [-0.15, -0.1) is 0 Å². The van der Waals surface area contributed by atoms with Crippen molar-refractivity contribution >= 4 is 51.9 Å². The molecule has 0 heterocycles. The molecule has 0 radical (unpaired) electrons. The van der Waals surface area contributed by atoms with Gasteiger partial charge in [-0.05, 0) is 64.1 Å². The first-order valence-corrected chi connectivity index (χ1v) is 10.2. The second-order valence-electron chi connectivity index (χ2n) is 6.07. The molecular weight excluding hydrogens is 499 g/mol. The smallest absolute Gasteiger partial charge is 0.266 e. The number of carbonyl (C=O) groups is 1. The highest BCUT2D eigenvalue weighted by Crippen LogP contribution is 2.27. The van der Waals surface area contributed by atoms with E-state index in [1.54, 1.807) is 24.3 Å². The van der Waals surface area contributed by atoms with Crippen molar-refractivity contribution in [2.24, 2.45) is 0 Å². The summed E-state index contributed by atoms with van der Waals surface area (Å²) in [5.74, 6) is 0.0617. The van der Waals surface area contributed by atoms with Crippen LogP contribution in [0, 0.1) is 14.9 Å². The molecule has 1 N–H and O–H groups in total. The van der Waals surface area contributed by atoms with Crippen molar-refractivity contribution in [3.8, 4) is 11.8 Å². The van der Waals surface area contributed by atoms with Gasteiger partial charge in [-0.2, -0.15) is 5.26 Å². The molecule has 3 rings (SSSR count). The molecule has 1 amide bonds. The summed E-state index contributed by atoms with van der Waals surface area (Å²) in [6, 6.07) is 24.2. The van der Waals surface area contributed by atoms with Crippen LogP contribution in [0.15, 0.2) is 78.4 Å². The first-order valence-electron chi connectivity index (χ1n) is 8.71. The lowest BCUT2D eigenvalue weighted by Crippen LogP contribution is -2.14. The Hall–Kier alpha value is -2.82. The van der Waals surface area contributed by atoms with Gasteiger partial charge in [0.1, 0.15) is 24.0 Å². The number of nitriles is 1. The third-order valence-corrected chi connectivity index (χ3v) is 5.23. The van der Waals surface area contributed by atoms with Crippen LogP contribution in [-0.4, -0.2) is 5.91 Å². The Morgan fingerprint density at radius 3 is 2.52 bits per heavy atom. The van der Waals surface area contributed by atoms with Crippen molar-refractivity contribution in [3.63, 3.8) is 0 Å². The van der Waals surface area contributed by atoms with E-state index in [1.807, 2.05) is 54.6 Å². The summed E-state index contributed by atoms with van der Waals surface area (Å²) in [4.78, 5) is 12.4. The van der Waals surface area contributed by atoms with E-state index >= 15 is 0 Å². The molecule has 0 saturated heterocycles. The Bertz CT molecular complexity index is 1090. The van der Waals surface area contributed by atoms with Crippen molar-refractivity contribution in [2.45, 2.75) is 6.61 Å². The summed E-state index contributed by atoms with van der Waals surface area (Å²) in [5.41, 5.74) is 2.31. The average molecular weight is 515 g/mol. The molecule has 29 heavy (non-hydrogen) atoms. The van der Waals surface area contributed by atoms with E-state index in [4.69, 9.17) is 16.3 Å². The molecule has 0 aliphatic rings. The number of amides is 1. The minimum Gasteiger partial charge on any atom is -0.487 e. The fourth-order valence-corrected chi connectivity index (χ4v) is 3.29. The van der Waals surface area contributed by atoms with E-state index in [1.165, 1.54) is 6.08 Å². The van der Waals surface area contributed by atoms with Crippen molar-refractivity contribution < 1.29 is 9.53 Å². The van der Waals surface area contributed by atoms with Crippen LogP contribution in [0.5, 0.6) is 5.75 Å². The number of nitrogens with one attached hydrogen (secondary N) is 1. The topological polar surface area (TPSA) is 62.1 Å². The highest BCUT2D eigenvalue weighted by atomic mass is 127. The van der Waals surface area contributed by atoms with Crippen LogP contribution in [0.25, 0.3) is 6.08 Å². The quantitative estimate of drug-likeness (QED) is 0.247. The Morgan fingerprint density at radius 2 is 1.83 bits per heavy atom. The maximum atomic E-state index is 12.4. The third kappa shape index (κ3) is 5.83. The molecule has 0 unspecified atom stereocenters. The fourth-order valence-electron chi connectivity index (χ4n) is 2.53. The SMILES string of the molecule is N#C/C(=C\c1ccc(OCc2ccccc2)c(Cl)c1)C(=O)Nc1ccccc1I. The van der Waals surface area contributed by atoms with Gasteiger partial charge in [0.25, 0.3) is 5.91 Å². The zero-order valence-corrected chi connectivity index (χ0v) is 18.1. The Kier molecular flexibility index (Phi) is 7.28. The minimum atomic E-state index is -0.475. The Balaban J connectivity index is 1.72. The standard InChI is InChI=1S/C23H16ClIN2O2/c24-19-13-17(10-11-22(19)29-15-16-6-2-1-3-7-16)12-18(14-26)23(28)27-21-9-5-4-8-20(21)25/h1-13H,15H2,(H,27,28)/b18-12+. The molecule has 144 valence electrons. The molecule has 3 aromatic carbocycles. The van der Waals surface area contributed by atoms with Gasteiger partial charge >= 0.3 is 0 Å². The molecule has 0 spiro atoms. The minimum absolute atomic E-state index is 0.0151. The molecule has 3 aromatic rings. The fraction of sp³-hybridized carbons (Fsp3) is 0.0435. The van der Waals surface area contributed by atoms with Crippen molar-refractivity contribution in [1.29, 1.82) is 5.26 Å². The van der Waals surface area contributed by atoms with Crippen LogP contribution >= 0.6 is 34.2 Å². The summed E-state index contributed by atoms with van der Waals surface area (Å²) in [6.07, 6.45) is 1.50. The molecule has 0 aliphatic carbocycles. The molecule has 0 atom stereocenters. The average Bonchev–Trinajstić information content (AvgIpc) is 2.73. The maximum Gasteiger partial charge on any atom is 0.266 e. The summed E-state index contributed by atoms with van der Waals surface area (Å²) in [5, 5.41) is 12.6. The van der Waals surface area contributed by atoms with Gasteiger partial charge in [-0.25, -0.2) is 0 Å². The molecule has 0 fully saturated rings. The second kappa shape index (κ2) is 10.1. The number of anilines is 1. The van der Waals surface area contributed by atoms with E-state index in [-0.39, 0.29) is 5.57 Å². The zero-order chi connectivity index (χ0) is 20.6. The number of para-hydroxylation sites is 1. The van der Waals surface area contributed by atoms with Gasteiger partial charge in [0.2, 0.25) is 0 Å². The number of ether oxygens (including phenoxy) is 1. The molecule has 0 bridgehead atoms. The van der Waals surface area contributed by atoms with E-state index in [0.29, 0.717) is 28.6 Å². The van der Waals surface area contributed by atoms with E-state index in [0.717, 1.165) is 9.13 Å². The van der Waals surface area contributed by atoms with Gasteiger partial charge in [-0.3, -0.25) is 4.79 Å². The van der Waals surface area contributed by atoms with Gasteiger partial charge in [0.05, 0.1) is 10.7 Å². The first kappa shape index (κ1) is 20.9. The predicted octanol–water partition coefficient (Wildman–Crippen LogP) is 6.07. The van der Waals surface area contributed by atoms with Gasteiger partial charge in [-0.1, -0.05) is 60.1 Å². The highest BCUT2D eigenvalue weighted by Gasteiger charge is 2.12. The largest absolute Gasteiger partial charge is 0.487 e. The van der Waals surface area contributed by atoms with Gasteiger partial charge in [0.15, 0.2) is 0 Å². The van der Waals surface area contributed by atoms with Crippen LogP contribution < -0.4 is 10.1 Å². The number of benzene rings is 3. The summed E-state index contributed by atoms with van der Waals surface area (Å²) >= 11 is 8.44. The van der Waals surface area contributed by atoms with Crippen molar-refractivity contribution in [3.05, 3.63) is 98.1 Å². The predicted molar refractivity (Wildman–Crippen MR) is 124 cm³/mol. The van der Waals surface area contributed by atoms with E-state index in [2.05, 4.69) is 27.9 Å². The van der Waals surface area contributed by atoms with Gasteiger partial charge < -0.3 is 10.1 Å². The van der Waals surface area contributed by atoms with Crippen LogP contribution in [0.4, 0.5) is 5.69 Å². The first-order chi connectivity index (χ1) is 14.1. The Labute approximate surface area is 187 Å². The maximum absolute atomic E-state index is 12.4. The Morgan fingerprint density at radius 1 is 1.10 bits per heavy atom. The lowest BCUT2D eigenvalue weighted by molar-refractivity contribution is -0.112. The van der Waals surface area contributed by atoms with Crippen LogP contribution in [0.1, 0.15) is 11.1 Å². The van der Waals surface area contributed by atoms with Crippen molar-refractivity contribution in [2.75, 3.05) is 5.32 Å².